The molecule has 21 heavy (non-hydrogen) atoms. The van der Waals surface area contributed by atoms with Crippen molar-refractivity contribution in [1.82, 2.24) is 0 Å². The molecule has 0 saturated heterocycles. The second-order valence-corrected chi connectivity index (χ2v) is 10.5. The maximum atomic E-state index is 12.4. The SMILES string of the molecule is CO[Si](C)(C)CCCCCCc1ccc(C(F)(F)F)cc1. The number of rotatable bonds is 8. The average Bonchev–Trinajstić information content (AvgIpc) is 2.42. The molecule has 0 N–H and O–H groups in total. The highest BCUT2D eigenvalue weighted by atomic mass is 28.4. The van der Waals surface area contributed by atoms with E-state index in [1.165, 1.54) is 31.0 Å². The van der Waals surface area contributed by atoms with Crippen molar-refractivity contribution >= 4 is 8.32 Å². The van der Waals surface area contributed by atoms with Crippen molar-refractivity contribution in [3.8, 4) is 0 Å². The summed E-state index contributed by atoms with van der Waals surface area (Å²) in [5.41, 5.74) is 0.410. The molecule has 0 fully saturated rings. The number of alkyl halides is 3. The van der Waals surface area contributed by atoms with E-state index in [9.17, 15) is 13.2 Å². The van der Waals surface area contributed by atoms with Gasteiger partial charge in [-0.1, -0.05) is 31.4 Å². The summed E-state index contributed by atoms with van der Waals surface area (Å²) in [6.07, 6.45) is 1.11. The average molecular weight is 318 g/mol. The Kier molecular flexibility index (Phi) is 6.94. The lowest BCUT2D eigenvalue weighted by Gasteiger charge is -2.19. The molecule has 0 atom stereocenters. The number of benzene rings is 1. The Balaban J connectivity index is 2.22. The molecule has 1 aromatic rings. The third kappa shape index (κ3) is 7.13. The summed E-state index contributed by atoms with van der Waals surface area (Å²) in [4.78, 5) is 0. The number of aryl methyl sites for hydroxylation is 1. The molecule has 120 valence electrons. The van der Waals surface area contributed by atoms with Gasteiger partial charge >= 0.3 is 6.18 Å². The lowest BCUT2D eigenvalue weighted by atomic mass is 10.0. The molecule has 0 aliphatic carbocycles. The molecule has 0 unspecified atom stereocenters. The van der Waals surface area contributed by atoms with Gasteiger partial charge in [-0.2, -0.15) is 13.2 Å². The van der Waals surface area contributed by atoms with Crippen LogP contribution < -0.4 is 0 Å². The molecule has 0 spiro atoms. The van der Waals surface area contributed by atoms with Gasteiger partial charge in [-0.3, -0.25) is 0 Å². The minimum Gasteiger partial charge on any atom is -0.420 e. The summed E-state index contributed by atoms with van der Waals surface area (Å²) in [6, 6.07) is 6.68. The first-order valence-electron chi connectivity index (χ1n) is 7.46. The van der Waals surface area contributed by atoms with E-state index < -0.39 is 20.1 Å². The van der Waals surface area contributed by atoms with Gasteiger partial charge in [0.2, 0.25) is 0 Å². The summed E-state index contributed by atoms with van der Waals surface area (Å²) in [5.74, 6) is 0. The zero-order chi connectivity index (χ0) is 15.9. The van der Waals surface area contributed by atoms with Crippen LogP contribution in [0.1, 0.15) is 36.8 Å². The zero-order valence-corrected chi connectivity index (χ0v) is 14.1. The Morgan fingerprint density at radius 3 is 2.05 bits per heavy atom. The summed E-state index contributed by atoms with van der Waals surface area (Å²) in [6.45, 7) is 4.43. The van der Waals surface area contributed by atoms with E-state index in [0.29, 0.717) is 0 Å². The Morgan fingerprint density at radius 1 is 0.952 bits per heavy atom. The van der Waals surface area contributed by atoms with Gasteiger partial charge in [-0.15, -0.1) is 0 Å². The van der Waals surface area contributed by atoms with Crippen LogP contribution in [-0.4, -0.2) is 15.4 Å². The van der Waals surface area contributed by atoms with Gasteiger partial charge in [0.15, 0.2) is 8.32 Å². The van der Waals surface area contributed by atoms with Crippen LogP contribution in [0.5, 0.6) is 0 Å². The number of hydrogen-bond donors (Lipinski definition) is 0. The first-order chi connectivity index (χ1) is 9.74. The second-order valence-electron chi connectivity index (χ2n) is 6.07. The molecule has 5 heteroatoms. The molecular weight excluding hydrogens is 293 g/mol. The van der Waals surface area contributed by atoms with Crippen LogP contribution in [0.4, 0.5) is 13.2 Å². The molecule has 1 nitrogen and oxygen atoms in total. The number of halogens is 3. The molecule has 0 aromatic heterocycles. The predicted octanol–water partition coefficient (Wildman–Crippen LogP) is 5.66. The van der Waals surface area contributed by atoms with Gasteiger partial charge in [0.25, 0.3) is 0 Å². The standard InChI is InChI=1S/C16H25F3OSi/c1-20-21(2,3)13-7-5-4-6-8-14-9-11-15(12-10-14)16(17,18)19/h9-12H,4-8,13H2,1-3H3. The fourth-order valence-electron chi connectivity index (χ4n) is 2.20. The molecule has 0 saturated carbocycles. The van der Waals surface area contributed by atoms with Gasteiger partial charge in [-0.05, 0) is 49.7 Å². The monoisotopic (exact) mass is 318 g/mol. The van der Waals surface area contributed by atoms with Gasteiger partial charge in [0, 0.05) is 7.11 Å². The van der Waals surface area contributed by atoms with E-state index in [4.69, 9.17) is 4.43 Å². The van der Waals surface area contributed by atoms with Crippen LogP contribution in [0, 0.1) is 0 Å². The van der Waals surface area contributed by atoms with Crippen molar-refractivity contribution in [1.29, 1.82) is 0 Å². The van der Waals surface area contributed by atoms with Crippen LogP contribution in [0.2, 0.25) is 19.1 Å². The first-order valence-corrected chi connectivity index (χ1v) is 10.6. The molecule has 0 aliphatic heterocycles. The van der Waals surface area contributed by atoms with Crippen molar-refractivity contribution in [2.24, 2.45) is 0 Å². The number of hydrogen-bond acceptors (Lipinski definition) is 1. The van der Waals surface area contributed by atoms with E-state index in [1.807, 2.05) is 0 Å². The zero-order valence-electron chi connectivity index (χ0n) is 13.1. The largest absolute Gasteiger partial charge is 0.420 e. The summed E-state index contributed by atoms with van der Waals surface area (Å²) >= 11 is 0. The lowest BCUT2D eigenvalue weighted by molar-refractivity contribution is -0.137. The molecule has 0 amide bonds. The normalized spacial score (nSPS) is 12.7. The smallest absolute Gasteiger partial charge is 0.416 e. The van der Waals surface area contributed by atoms with Gasteiger partial charge in [-0.25, -0.2) is 0 Å². The maximum absolute atomic E-state index is 12.4. The summed E-state index contributed by atoms with van der Waals surface area (Å²) < 4.78 is 42.8. The quantitative estimate of drug-likeness (QED) is 0.444. The van der Waals surface area contributed by atoms with Gasteiger partial charge in [0.05, 0.1) is 5.56 Å². The van der Waals surface area contributed by atoms with E-state index in [0.717, 1.165) is 24.8 Å². The summed E-state index contributed by atoms with van der Waals surface area (Å²) in [5, 5.41) is 0. The molecule has 0 heterocycles. The van der Waals surface area contributed by atoms with E-state index in [1.54, 1.807) is 19.2 Å². The van der Waals surface area contributed by atoms with Crippen molar-refractivity contribution in [2.75, 3.05) is 7.11 Å². The minimum absolute atomic E-state index is 0.571. The van der Waals surface area contributed by atoms with Crippen LogP contribution in [0.25, 0.3) is 0 Å². The highest BCUT2D eigenvalue weighted by Gasteiger charge is 2.29. The number of unbranched alkanes of at least 4 members (excludes halogenated alkanes) is 3. The van der Waals surface area contributed by atoms with Crippen LogP contribution in [-0.2, 0) is 17.0 Å². The third-order valence-electron chi connectivity index (χ3n) is 3.83. The third-order valence-corrected chi connectivity index (χ3v) is 6.49. The first kappa shape index (κ1) is 18.2. The van der Waals surface area contributed by atoms with Crippen molar-refractivity contribution < 1.29 is 17.6 Å². The van der Waals surface area contributed by atoms with Crippen LogP contribution >= 0.6 is 0 Å². The molecule has 1 aromatic carbocycles. The maximum Gasteiger partial charge on any atom is 0.416 e. The Hall–Kier alpha value is -0.813. The predicted molar refractivity (Wildman–Crippen MR) is 82.9 cm³/mol. The second kappa shape index (κ2) is 7.99. The fraction of sp³-hybridized carbons (Fsp3) is 0.625. The molecular formula is C16H25F3OSi. The summed E-state index contributed by atoms with van der Waals surface area (Å²) in [7, 11) is 0.356. The van der Waals surface area contributed by atoms with Crippen molar-refractivity contribution in [2.45, 2.75) is 57.4 Å². The van der Waals surface area contributed by atoms with Crippen molar-refractivity contribution in [3.05, 3.63) is 35.4 Å². The molecule has 0 aliphatic rings. The van der Waals surface area contributed by atoms with Crippen LogP contribution in [0.3, 0.4) is 0 Å². The van der Waals surface area contributed by atoms with E-state index in [2.05, 4.69) is 13.1 Å². The Bertz CT molecular complexity index is 413. The topological polar surface area (TPSA) is 9.23 Å². The van der Waals surface area contributed by atoms with Gasteiger partial charge in [0.1, 0.15) is 0 Å². The highest BCUT2D eigenvalue weighted by molar-refractivity contribution is 6.71. The Morgan fingerprint density at radius 2 is 1.52 bits per heavy atom. The molecule has 1 rings (SSSR count). The fourth-order valence-corrected chi connectivity index (χ4v) is 3.50. The molecule has 0 bridgehead atoms. The minimum atomic E-state index is -4.24. The highest BCUT2D eigenvalue weighted by Crippen LogP contribution is 2.29. The van der Waals surface area contributed by atoms with E-state index >= 15 is 0 Å². The van der Waals surface area contributed by atoms with Crippen molar-refractivity contribution in [3.63, 3.8) is 0 Å². The van der Waals surface area contributed by atoms with E-state index in [-0.39, 0.29) is 0 Å². The molecule has 0 radical (unpaired) electrons. The lowest BCUT2D eigenvalue weighted by Crippen LogP contribution is -2.27. The Labute approximate surface area is 126 Å². The van der Waals surface area contributed by atoms with Gasteiger partial charge < -0.3 is 4.43 Å². The van der Waals surface area contributed by atoms with Crippen LogP contribution in [0.15, 0.2) is 24.3 Å².